The largest absolute Gasteiger partial charge is 0.508 e. The summed E-state index contributed by atoms with van der Waals surface area (Å²) in [6.07, 6.45) is -0.103. The van der Waals surface area contributed by atoms with E-state index in [-0.39, 0.29) is 75.3 Å². The molecule has 26 nitrogen and oxygen atoms in total. The lowest BCUT2D eigenvalue weighted by Crippen LogP contribution is -2.62. The van der Waals surface area contributed by atoms with Crippen molar-refractivity contribution >= 4 is 95.4 Å². The van der Waals surface area contributed by atoms with E-state index >= 15 is 9.59 Å². The number of carboxylic acid groups (broad SMARTS) is 1. The van der Waals surface area contributed by atoms with Gasteiger partial charge in [0.05, 0.1) is 6.10 Å². The smallest absolute Gasteiger partial charge is 0.327 e. The molecule has 19 N–H and O–H groups in total. The minimum Gasteiger partial charge on any atom is -0.508 e. The molecule has 0 saturated heterocycles. The number of phenols is 1. The summed E-state index contributed by atoms with van der Waals surface area (Å²) in [5.41, 5.74) is 21.5. The zero-order valence-corrected chi connectivity index (χ0v) is 52.9. The first kappa shape index (κ1) is 72.6. The monoisotopic (exact) mass is 1320 g/mol. The summed E-state index contributed by atoms with van der Waals surface area (Å²) in [6.45, 7) is 1.61. The average Bonchev–Trinajstić information content (AvgIpc) is 1.88. The van der Waals surface area contributed by atoms with Gasteiger partial charge in [0.15, 0.2) is 0 Å². The molecule has 0 fully saturated rings. The number of carbonyl (C=O) groups is 10. The molecule has 6 aromatic rings. The number of benzene rings is 5. The van der Waals surface area contributed by atoms with Crippen LogP contribution in [0, 0.1) is 0 Å². The Hall–Kier alpha value is -9.48. The van der Waals surface area contributed by atoms with Gasteiger partial charge >= 0.3 is 12.0 Å². The Labute approximate surface area is 548 Å². The number of carboxylic acids is 1. The number of fused-ring (bicyclic) bond motifs is 1. The second-order valence-electron chi connectivity index (χ2n) is 22.2. The van der Waals surface area contributed by atoms with Gasteiger partial charge in [-0.3, -0.25) is 38.4 Å². The molecular weight excluding hydrogens is 1230 g/mol. The van der Waals surface area contributed by atoms with Crippen molar-refractivity contribution in [2.24, 2.45) is 17.2 Å². The Kier molecular flexibility index (Phi) is 28.5. The van der Waals surface area contributed by atoms with E-state index in [1.807, 2.05) is 0 Å². The number of nitrogens with one attached hydrogen (secondary N) is 10. The van der Waals surface area contributed by atoms with Crippen molar-refractivity contribution in [1.29, 1.82) is 0 Å². The number of hydrogen-bond donors (Lipinski definition) is 18. The van der Waals surface area contributed by atoms with Crippen LogP contribution in [0.1, 0.15) is 59.6 Å². The average molecular weight is 1320 g/mol. The van der Waals surface area contributed by atoms with Gasteiger partial charge < -0.3 is 85.4 Å². The van der Waals surface area contributed by atoms with Gasteiger partial charge in [-0.1, -0.05) is 115 Å². The van der Waals surface area contributed by atoms with E-state index < -0.39 is 120 Å². The molecule has 10 atom stereocenters. The second kappa shape index (κ2) is 36.5. The van der Waals surface area contributed by atoms with Crippen LogP contribution < -0.4 is 65.1 Å². The summed E-state index contributed by atoms with van der Waals surface area (Å²) in [5, 5.41) is 54.7. The zero-order chi connectivity index (χ0) is 67.6. The third-order valence-corrected chi connectivity index (χ3v) is 15.9. The Bertz CT molecular complexity index is 3490. The molecule has 1 heterocycles. The molecule has 5 aromatic carbocycles. The number of aliphatic carboxylic acids is 1. The molecular formula is C65H81N13O13S2. The zero-order valence-electron chi connectivity index (χ0n) is 51.1. The molecule has 0 radical (unpaired) electrons. The van der Waals surface area contributed by atoms with Gasteiger partial charge in [-0.2, -0.15) is 25.3 Å². The first-order chi connectivity index (χ1) is 44.6. The number of aromatic amines is 1. The third-order valence-electron chi connectivity index (χ3n) is 15.2. The fourth-order valence-corrected chi connectivity index (χ4v) is 10.6. The number of urea groups is 1. The van der Waals surface area contributed by atoms with Gasteiger partial charge in [0.1, 0.15) is 60.1 Å². The molecule has 1 aromatic heterocycles. The van der Waals surface area contributed by atoms with Crippen LogP contribution in [0.5, 0.6) is 5.75 Å². The molecule has 10 amide bonds. The van der Waals surface area contributed by atoms with Crippen molar-refractivity contribution in [3.63, 3.8) is 0 Å². The number of phenolic OH excluding ortho intramolecular Hbond substituents is 1. The van der Waals surface area contributed by atoms with E-state index in [1.165, 1.54) is 31.2 Å². The predicted octanol–water partition coefficient (Wildman–Crippen LogP) is 0.215. The van der Waals surface area contributed by atoms with Gasteiger partial charge in [0.25, 0.3) is 0 Å². The van der Waals surface area contributed by atoms with Crippen LogP contribution in [0.4, 0.5) is 4.79 Å². The van der Waals surface area contributed by atoms with E-state index in [9.17, 15) is 53.7 Å². The standard InChI is InChI=1S/C65H81N13O13S2/c1-37(79)55(63(88)74-50(29-39-14-6-3-7-15-39)59(84)76-54(36-93)64(89)90)78-56(81)47(18-10-11-27-66)70-61(86)52(32-43-34-69-46-17-9-8-16-45(43)46)73-58(83)49(30-40-19-21-42(33-67)22-20-40)71-57(82)48(28-38-12-4-2-5-13-38)72-62(87)53(35-92)75-60(85)51(77-65(68)91)31-41-23-25-44(80)26-24-41/h2-9,12-17,19-26,34,37,47-55,69,79-80,92-93H,10-11,18,27-33,35-36,66-67H2,1H3,(H,70,86)(H,71,82)(H,72,87)(H,73,83)(H,74,88)(H,75,85)(H,76,84)(H,78,81)(H,89,90)(H3,68,77,91)/t37-,47+,48+,49+,50+,51+,52-,53+,54+,55+/m1/s1. The molecule has 0 bridgehead atoms. The molecule has 0 aliphatic heterocycles. The molecule has 496 valence electrons. The number of thiol groups is 2. The highest BCUT2D eigenvalue weighted by Gasteiger charge is 2.37. The van der Waals surface area contributed by atoms with Gasteiger partial charge in [0, 0.05) is 67.3 Å². The number of aliphatic hydroxyl groups excluding tert-OH is 1. The Balaban J connectivity index is 1.30. The molecule has 0 aliphatic rings. The van der Waals surface area contributed by atoms with E-state index in [4.69, 9.17) is 17.2 Å². The van der Waals surface area contributed by atoms with Crippen LogP contribution in [0.3, 0.4) is 0 Å². The normalized spacial score (nSPS) is 14.3. The first-order valence-electron chi connectivity index (χ1n) is 30.1. The maximum Gasteiger partial charge on any atom is 0.327 e. The van der Waals surface area contributed by atoms with Crippen molar-refractivity contribution in [2.45, 2.75) is 125 Å². The highest BCUT2D eigenvalue weighted by atomic mass is 32.1. The number of aromatic nitrogens is 1. The van der Waals surface area contributed by atoms with Crippen molar-refractivity contribution in [2.75, 3.05) is 18.1 Å². The third kappa shape index (κ3) is 22.7. The molecule has 0 spiro atoms. The number of hydrogen-bond acceptors (Lipinski definition) is 16. The number of aliphatic hydroxyl groups is 1. The van der Waals surface area contributed by atoms with Crippen molar-refractivity contribution < 1.29 is 63.3 Å². The Morgan fingerprint density at radius 3 is 1.30 bits per heavy atom. The summed E-state index contributed by atoms with van der Waals surface area (Å²) in [7, 11) is 0. The van der Waals surface area contributed by atoms with Crippen LogP contribution in [0.15, 0.2) is 140 Å². The van der Waals surface area contributed by atoms with Gasteiger partial charge in [-0.05, 0) is 84.3 Å². The number of aromatic hydroxyl groups is 1. The Morgan fingerprint density at radius 1 is 0.452 bits per heavy atom. The predicted molar refractivity (Wildman–Crippen MR) is 354 cm³/mol. The highest BCUT2D eigenvalue weighted by molar-refractivity contribution is 7.80. The summed E-state index contributed by atoms with van der Waals surface area (Å²) in [6, 6.07) is 22.8. The summed E-state index contributed by atoms with van der Waals surface area (Å²) in [5.74, 6) is -9.18. The number of carbonyl (C=O) groups excluding carboxylic acids is 9. The number of H-pyrrole nitrogens is 1. The summed E-state index contributed by atoms with van der Waals surface area (Å²) >= 11 is 8.37. The lowest BCUT2D eigenvalue weighted by atomic mass is 9.99. The van der Waals surface area contributed by atoms with E-state index in [1.54, 1.807) is 115 Å². The lowest BCUT2D eigenvalue weighted by molar-refractivity contribution is -0.141. The molecule has 28 heteroatoms. The van der Waals surface area contributed by atoms with Crippen LogP contribution in [0.25, 0.3) is 10.9 Å². The van der Waals surface area contributed by atoms with Crippen LogP contribution in [-0.2, 0) is 81.8 Å². The minimum atomic E-state index is -1.75. The number of amides is 10. The quantitative estimate of drug-likeness (QED) is 0.0185. The van der Waals surface area contributed by atoms with Gasteiger partial charge in [-0.15, -0.1) is 0 Å². The van der Waals surface area contributed by atoms with Crippen molar-refractivity contribution in [1.82, 2.24) is 52.8 Å². The first-order valence-corrected chi connectivity index (χ1v) is 31.4. The summed E-state index contributed by atoms with van der Waals surface area (Å²) < 4.78 is 0. The molecule has 0 aliphatic carbocycles. The number of para-hydroxylation sites is 1. The molecule has 93 heavy (non-hydrogen) atoms. The number of primary amides is 1. The van der Waals surface area contributed by atoms with E-state index in [0.717, 1.165) is 5.56 Å². The minimum absolute atomic E-state index is 0.0358. The Morgan fingerprint density at radius 2 is 0.839 bits per heavy atom. The molecule has 6 rings (SSSR count). The fraction of sp³-hybridized carbons (Fsp3) is 0.354. The molecule has 0 saturated carbocycles. The second-order valence-corrected chi connectivity index (χ2v) is 23.0. The van der Waals surface area contributed by atoms with Gasteiger partial charge in [0.2, 0.25) is 47.3 Å². The van der Waals surface area contributed by atoms with Crippen molar-refractivity contribution in [3.8, 4) is 5.75 Å². The fourth-order valence-electron chi connectivity index (χ4n) is 10.0. The summed E-state index contributed by atoms with van der Waals surface area (Å²) in [4.78, 5) is 143. The lowest BCUT2D eigenvalue weighted by Gasteiger charge is -2.29. The number of nitrogens with two attached hydrogens (primary N) is 3. The maximum atomic E-state index is 15.2. The SMILES string of the molecule is C[C@@H](O)[C@H](NC(=O)[C@H](CCCCN)NC(=O)[C@@H](Cc1c[nH]c2ccccc12)NC(=O)[C@H](Cc1ccc(CN)cc1)NC(=O)[C@H](Cc1ccccc1)NC(=O)[C@H](CS)NC(=O)[C@H](Cc1ccc(O)cc1)NC(N)=O)C(=O)N[C@@H](Cc1ccccc1)C(=O)N[C@@H](CS)C(=O)O. The van der Waals surface area contributed by atoms with Crippen LogP contribution in [0.2, 0.25) is 0 Å². The van der Waals surface area contributed by atoms with Crippen LogP contribution >= 0.6 is 25.3 Å². The highest BCUT2D eigenvalue weighted by Crippen LogP contribution is 2.21. The van der Waals surface area contributed by atoms with E-state index in [0.29, 0.717) is 45.1 Å². The van der Waals surface area contributed by atoms with Crippen molar-refractivity contribution in [3.05, 3.63) is 173 Å². The number of rotatable bonds is 36. The molecule has 0 unspecified atom stereocenters. The topological polar surface area (TPSA) is 434 Å². The van der Waals surface area contributed by atoms with Crippen LogP contribution in [-0.4, -0.2) is 158 Å². The number of unbranched alkanes of at least 4 members (excludes halogenated alkanes) is 1. The van der Waals surface area contributed by atoms with Gasteiger partial charge in [-0.25, -0.2) is 9.59 Å². The van der Waals surface area contributed by atoms with E-state index in [2.05, 4.69) is 78.1 Å². The maximum absolute atomic E-state index is 15.2.